The highest BCUT2D eigenvalue weighted by Crippen LogP contribution is 2.36. The van der Waals surface area contributed by atoms with E-state index < -0.39 is 49.9 Å². The lowest BCUT2D eigenvalue weighted by molar-refractivity contribution is -0.385. The molecule has 0 aromatic heterocycles. The molecule has 0 heterocycles. The van der Waals surface area contributed by atoms with E-state index in [1.54, 1.807) is 31.2 Å². The van der Waals surface area contributed by atoms with E-state index in [0.29, 0.717) is 17.9 Å². The smallest absolute Gasteiger partial charge is 0.273 e. The Balaban J connectivity index is 2.15. The quantitative estimate of drug-likeness (QED) is 0.216. The summed E-state index contributed by atoms with van der Waals surface area (Å²) >= 11 is 6.23. The van der Waals surface area contributed by atoms with Crippen LogP contribution in [-0.2, 0) is 26.2 Å². The van der Waals surface area contributed by atoms with Crippen LogP contribution in [-0.4, -0.2) is 63.4 Å². The number of methoxy groups -OCH3 is 2. The first-order valence-electron chi connectivity index (χ1n) is 13.1. The zero-order valence-electron chi connectivity index (χ0n) is 24.4. The van der Waals surface area contributed by atoms with Crippen LogP contribution in [0.15, 0.2) is 65.6 Å². The molecule has 0 saturated carbocycles. The number of anilines is 1. The van der Waals surface area contributed by atoms with E-state index in [1.165, 1.54) is 63.3 Å². The number of amides is 2. The number of nitrogens with zero attached hydrogens (tertiary/aromatic N) is 3. The monoisotopic (exact) mass is 632 g/mol. The fourth-order valence-electron chi connectivity index (χ4n) is 4.28. The average Bonchev–Trinajstić information content (AvgIpc) is 2.98. The molecule has 3 rings (SSSR count). The molecule has 3 aromatic rings. The van der Waals surface area contributed by atoms with E-state index in [1.807, 2.05) is 0 Å². The summed E-state index contributed by atoms with van der Waals surface area (Å²) in [6.07, 6.45) is 0. The zero-order chi connectivity index (χ0) is 31.9. The van der Waals surface area contributed by atoms with E-state index in [2.05, 4.69) is 5.32 Å². The Morgan fingerprint density at radius 3 is 2.30 bits per heavy atom. The lowest BCUT2D eigenvalue weighted by Gasteiger charge is -2.32. The maximum Gasteiger partial charge on any atom is 0.273 e. The molecular weight excluding hydrogens is 600 g/mol. The summed E-state index contributed by atoms with van der Waals surface area (Å²) in [5.74, 6) is -0.480. The van der Waals surface area contributed by atoms with Gasteiger partial charge in [-0.15, -0.1) is 0 Å². The van der Waals surface area contributed by atoms with Crippen LogP contribution in [0.25, 0.3) is 0 Å². The summed E-state index contributed by atoms with van der Waals surface area (Å²) in [7, 11) is -1.78. The van der Waals surface area contributed by atoms with Crippen LogP contribution in [0, 0.1) is 17.0 Å². The third kappa shape index (κ3) is 7.73. The number of ether oxygens (including phenoxy) is 2. The number of halogens is 1. The topological polar surface area (TPSA) is 148 Å². The second kappa shape index (κ2) is 14.2. The Morgan fingerprint density at radius 1 is 1.05 bits per heavy atom. The van der Waals surface area contributed by atoms with E-state index in [0.717, 1.165) is 10.4 Å². The fraction of sp³-hybridized carbons (Fsp3) is 0.310. The molecule has 12 nitrogen and oxygen atoms in total. The van der Waals surface area contributed by atoms with Crippen molar-refractivity contribution in [1.82, 2.24) is 10.2 Å². The van der Waals surface area contributed by atoms with Crippen LogP contribution in [0.2, 0.25) is 5.02 Å². The molecule has 0 aliphatic rings. The molecule has 14 heteroatoms. The first-order chi connectivity index (χ1) is 20.3. The standard InChI is InChI=1S/C29H33ClN4O8S/c1-6-31-29(36)20(3)32(17-21-8-11-23(41-4)12-9-21)28(35)18-33(26-15-22(30)10-14-27(26)42-5)43(39,40)24-13-7-19(2)25(16-24)34(37)38/h7-16,20H,6,17-18H2,1-5H3,(H,31,36)/t20-/m0/s1. The van der Waals surface area contributed by atoms with Crippen LogP contribution in [0.1, 0.15) is 25.0 Å². The van der Waals surface area contributed by atoms with Gasteiger partial charge >= 0.3 is 0 Å². The van der Waals surface area contributed by atoms with Gasteiger partial charge in [0.15, 0.2) is 0 Å². The van der Waals surface area contributed by atoms with Crippen molar-refractivity contribution in [3.63, 3.8) is 0 Å². The number of sulfonamides is 1. The number of carbonyl (C=O) groups is 2. The molecule has 0 saturated heterocycles. The number of benzene rings is 3. The van der Waals surface area contributed by atoms with Crippen LogP contribution >= 0.6 is 11.6 Å². The average molecular weight is 633 g/mol. The highest BCUT2D eigenvalue weighted by atomic mass is 35.5. The Hall–Kier alpha value is -4.36. The van der Waals surface area contributed by atoms with Gasteiger partial charge in [-0.1, -0.05) is 29.8 Å². The molecule has 0 radical (unpaired) electrons. The van der Waals surface area contributed by atoms with E-state index in [9.17, 15) is 28.1 Å². The minimum atomic E-state index is -4.62. The summed E-state index contributed by atoms with van der Waals surface area (Å²) in [5.41, 5.74) is 0.445. The van der Waals surface area contributed by atoms with E-state index >= 15 is 0 Å². The molecule has 1 atom stereocenters. The number of hydrogen-bond donors (Lipinski definition) is 1. The van der Waals surface area contributed by atoms with Gasteiger partial charge in [0.25, 0.3) is 15.7 Å². The summed E-state index contributed by atoms with van der Waals surface area (Å²) in [6.45, 7) is 4.27. The van der Waals surface area contributed by atoms with Gasteiger partial charge in [-0.2, -0.15) is 0 Å². The van der Waals surface area contributed by atoms with E-state index in [-0.39, 0.29) is 28.6 Å². The summed E-state index contributed by atoms with van der Waals surface area (Å²) < 4.78 is 39.6. The van der Waals surface area contributed by atoms with Crippen molar-refractivity contribution in [2.45, 2.75) is 38.3 Å². The van der Waals surface area contributed by atoms with Gasteiger partial charge in [0.1, 0.15) is 24.1 Å². The third-order valence-corrected chi connectivity index (χ3v) is 8.67. The maximum absolute atomic E-state index is 14.1. The summed E-state index contributed by atoms with van der Waals surface area (Å²) in [4.78, 5) is 38.7. The lowest BCUT2D eigenvalue weighted by Crippen LogP contribution is -2.51. The van der Waals surface area contributed by atoms with Crippen molar-refractivity contribution in [2.24, 2.45) is 0 Å². The Morgan fingerprint density at radius 2 is 1.72 bits per heavy atom. The number of hydrogen-bond acceptors (Lipinski definition) is 8. The van der Waals surface area contributed by atoms with E-state index in [4.69, 9.17) is 21.1 Å². The fourth-order valence-corrected chi connectivity index (χ4v) is 5.88. The van der Waals surface area contributed by atoms with Gasteiger partial charge in [0.05, 0.1) is 29.7 Å². The van der Waals surface area contributed by atoms with Crippen LogP contribution in [0.5, 0.6) is 11.5 Å². The van der Waals surface area contributed by atoms with Gasteiger partial charge < -0.3 is 19.7 Å². The minimum absolute atomic E-state index is 0.0301. The second-order valence-corrected chi connectivity index (χ2v) is 11.8. The van der Waals surface area contributed by atoms with Gasteiger partial charge in [-0.05, 0) is 62.7 Å². The molecule has 1 N–H and O–H groups in total. The number of nitro benzene ring substituents is 1. The van der Waals surface area contributed by atoms with Crippen molar-refractivity contribution in [1.29, 1.82) is 0 Å². The van der Waals surface area contributed by atoms with Gasteiger partial charge in [0, 0.05) is 29.7 Å². The lowest BCUT2D eigenvalue weighted by atomic mass is 10.1. The zero-order valence-corrected chi connectivity index (χ0v) is 25.9. The predicted octanol–water partition coefficient (Wildman–Crippen LogP) is 4.32. The SMILES string of the molecule is CCNC(=O)[C@H](C)N(Cc1ccc(OC)cc1)C(=O)CN(c1cc(Cl)ccc1OC)S(=O)(=O)c1ccc(C)c([N+](=O)[O-])c1. The van der Waals surface area contributed by atoms with Crippen molar-refractivity contribution in [3.8, 4) is 11.5 Å². The Labute approximate surface area is 255 Å². The highest BCUT2D eigenvalue weighted by Gasteiger charge is 2.34. The molecule has 43 heavy (non-hydrogen) atoms. The largest absolute Gasteiger partial charge is 0.497 e. The molecular formula is C29H33ClN4O8S. The van der Waals surface area contributed by atoms with Crippen molar-refractivity contribution in [3.05, 3.63) is 86.9 Å². The molecule has 230 valence electrons. The third-order valence-electron chi connectivity index (χ3n) is 6.68. The molecule has 3 aromatic carbocycles. The van der Waals surface area contributed by atoms with Gasteiger partial charge in [-0.3, -0.25) is 24.0 Å². The summed E-state index contributed by atoms with van der Waals surface area (Å²) in [5, 5.41) is 14.5. The number of nitro groups is 1. The molecule has 2 amide bonds. The molecule has 0 aliphatic heterocycles. The number of likely N-dealkylation sites (N-methyl/N-ethyl adjacent to an activating group) is 1. The highest BCUT2D eigenvalue weighted by molar-refractivity contribution is 7.92. The molecule has 0 unspecified atom stereocenters. The first-order valence-corrected chi connectivity index (χ1v) is 15.0. The van der Waals surface area contributed by atoms with Crippen LogP contribution < -0.4 is 19.1 Å². The number of rotatable bonds is 13. The molecule has 0 spiro atoms. The van der Waals surface area contributed by atoms with Gasteiger partial charge in [0.2, 0.25) is 11.8 Å². The summed E-state index contributed by atoms with van der Waals surface area (Å²) in [6, 6.07) is 13.6. The number of nitrogens with one attached hydrogen (secondary N) is 1. The normalized spacial score (nSPS) is 11.8. The minimum Gasteiger partial charge on any atom is -0.497 e. The molecule has 0 fully saturated rings. The number of aryl methyl sites for hydroxylation is 1. The maximum atomic E-state index is 14.1. The molecule has 0 aliphatic carbocycles. The van der Waals surface area contributed by atoms with Crippen LogP contribution in [0.3, 0.4) is 0 Å². The van der Waals surface area contributed by atoms with Gasteiger partial charge in [-0.25, -0.2) is 8.42 Å². The van der Waals surface area contributed by atoms with Crippen molar-refractivity contribution in [2.75, 3.05) is 31.6 Å². The second-order valence-electron chi connectivity index (χ2n) is 9.47. The number of carbonyl (C=O) groups excluding carboxylic acids is 2. The Bertz CT molecular complexity index is 1600. The van der Waals surface area contributed by atoms with Crippen molar-refractivity contribution < 1.29 is 32.4 Å². The first kappa shape index (κ1) is 33.1. The molecule has 0 bridgehead atoms. The van der Waals surface area contributed by atoms with Crippen molar-refractivity contribution >= 4 is 44.8 Å². The predicted molar refractivity (Wildman–Crippen MR) is 162 cm³/mol. The van der Waals surface area contributed by atoms with Crippen LogP contribution in [0.4, 0.5) is 11.4 Å². The Kier molecular flexibility index (Phi) is 11.0.